The lowest BCUT2D eigenvalue weighted by atomic mass is 10.4. The van der Waals surface area contributed by atoms with Crippen molar-refractivity contribution in [3.8, 4) is 0 Å². The molecule has 0 rings (SSSR count). The maximum Gasteiger partial charge on any atom is 0.406 e. The van der Waals surface area contributed by atoms with Crippen LogP contribution in [0.25, 0.3) is 0 Å². The third kappa shape index (κ3) is 5.43. The molecule has 2 N–H and O–H groups in total. The molecule has 0 heterocycles. The molecule has 5 heteroatoms. The number of hydrogen-bond acceptors (Lipinski definition) is 3. The van der Waals surface area contributed by atoms with Crippen LogP contribution in [0.15, 0.2) is 0 Å². The van der Waals surface area contributed by atoms with Crippen LogP contribution in [0.5, 0.6) is 0 Å². The average molecular weight is 191 g/mol. The van der Waals surface area contributed by atoms with Gasteiger partial charge in [0, 0.05) is 7.11 Å². The van der Waals surface area contributed by atoms with Crippen molar-refractivity contribution in [1.82, 2.24) is 5.32 Å². The van der Waals surface area contributed by atoms with Crippen molar-refractivity contribution < 1.29 is 19.4 Å². The highest BCUT2D eigenvalue weighted by Gasteiger charge is 2.14. The first-order valence-electron chi connectivity index (χ1n) is 4.31. The van der Waals surface area contributed by atoms with Gasteiger partial charge in [-0.3, -0.25) is 5.32 Å². The summed E-state index contributed by atoms with van der Waals surface area (Å²) in [5, 5.41) is 10.7. The number of carboxylic acid groups (broad SMARTS) is 1. The van der Waals surface area contributed by atoms with E-state index < -0.39 is 12.3 Å². The fourth-order valence-electron chi connectivity index (χ4n) is 0.872. The molecule has 0 fully saturated rings. The summed E-state index contributed by atoms with van der Waals surface area (Å²) in [4.78, 5) is 10.3. The zero-order valence-corrected chi connectivity index (χ0v) is 8.24. The Balaban J connectivity index is 3.87. The highest BCUT2D eigenvalue weighted by molar-refractivity contribution is 5.64. The molecule has 0 aliphatic heterocycles. The maximum atomic E-state index is 10.3. The number of ether oxygens (including phenoxy) is 2. The van der Waals surface area contributed by atoms with Gasteiger partial charge in [-0.25, -0.2) is 4.79 Å². The zero-order valence-electron chi connectivity index (χ0n) is 8.24. The molecule has 0 aromatic heterocycles. The molecule has 0 spiro atoms. The fourth-order valence-corrected chi connectivity index (χ4v) is 0.872. The van der Waals surface area contributed by atoms with E-state index in [0.29, 0.717) is 12.8 Å². The van der Waals surface area contributed by atoms with Crippen LogP contribution < -0.4 is 5.32 Å². The molecule has 0 aliphatic carbocycles. The van der Waals surface area contributed by atoms with Crippen LogP contribution in [0.3, 0.4) is 0 Å². The summed E-state index contributed by atoms with van der Waals surface area (Å²) in [6, 6.07) is 0. The van der Waals surface area contributed by atoms with Gasteiger partial charge < -0.3 is 14.6 Å². The SMILES string of the molecule is CCC(NC(=O)O)OC(CC)OC. The molecule has 0 saturated heterocycles. The molecule has 0 saturated carbocycles. The van der Waals surface area contributed by atoms with Gasteiger partial charge in [0.05, 0.1) is 0 Å². The molecule has 13 heavy (non-hydrogen) atoms. The Hall–Kier alpha value is -0.810. The van der Waals surface area contributed by atoms with Crippen LogP contribution in [-0.2, 0) is 9.47 Å². The molecule has 0 aliphatic rings. The fraction of sp³-hybridized carbons (Fsp3) is 0.875. The second-order valence-corrected chi connectivity index (χ2v) is 2.56. The van der Waals surface area contributed by atoms with Gasteiger partial charge in [-0.1, -0.05) is 13.8 Å². The summed E-state index contributed by atoms with van der Waals surface area (Å²) >= 11 is 0. The summed E-state index contributed by atoms with van der Waals surface area (Å²) in [5.74, 6) is 0. The van der Waals surface area contributed by atoms with Gasteiger partial charge in [0.2, 0.25) is 0 Å². The third-order valence-electron chi connectivity index (χ3n) is 1.57. The van der Waals surface area contributed by atoms with E-state index in [1.54, 1.807) is 0 Å². The second-order valence-electron chi connectivity index (χ2n) is 2.56. The molecule has 78 valence electrons. The molecule has 0 aromatic rings. The van der Waals surface area contributed by atoms with Gasteiger partial charge in [-0.05, 0) is 12.8 Å². The van der Waals surface area contributed by atoms with Crippen molar-refractivity contribution in [3.05, 3.63) is 0 Å². The highest BCUT2D eigenvalue weighted by atomic mass is 16.7. The Morgan fingerprint density at radius 1 is 1.46 bits per heavy atom. The minimum Gasteiger partial charge on any atom is -0.465 e. The summed E-state index contributed by atoms with van der Waals surface area (Å²) in [5.41, 5.74) is 0. The highest BCUT2D eigenvalue weighted by Crippen LogP contribution is 2.04. The molecular formula is C8H17NO4. The minimum atomic E-state index is -1.09. The Morgan fingerprint density at radius 2 is 2.08 bits per heavy atom. The quantitative estimate of drug-likeness (QED) is 0.622. The Bertz CT molecular complexity index is 147. The Kier molecular flexibility index (Phi) is 6.26. The van der Waals surface area contributed by atoms with Crippen molar-refractivity contribution in [2.24, 2.45) is 0 Å². The first-order chi connectivity index (χ1) is 6.13. The third-order valence-corrected chi connectivity index (χ3v) is 1.57. The lowest BCUT2D eigenvalue weighted by Gasteiger charge is -2.21. The van der Waals surface area contributed by atoms with Gasteiger partial charge in [0.15, 0.2) is 6.29 Å². The van der Waals surface area contributed by atoms with E-state index >= 15 is 0 Å². The van der Waals surface area contributed by atoms with Crippen LogP contribution >= 0.6 is 0 Å². The van der Waals surface area contributed by atoms with Crippen LogP contribution in [-0.4, -0.2) is 30.8 Å². The number of carbonyl (C=O) groups is 1. The molecule has 2 atom stereocenters. The molecule has 0 radical (unpaired) electrons. The first kappa shape index (κ1) is 12.2. The van der Waals surface area contributed by atoms with Crippen molar-refractivity contribution in [2.45, 2.75) is 39.2 Å². The largest absolute Gasteiger partial charge is 0.465 e. The average Bonchev–Trinajstić information content (AvgIpc) is 2.11. The van der Waals surface area contributed by atoms with Gasteiger partial charge in [-0.2, -0.15) is 0 Å². The molecule has 1 amide bonds. The van der Waals surface area contributed by atoms with E-state index in [4.69, 9.17) is 14.6 Å². The van der Waals surface area contributed by atoms with Crippen molar-refractivity contribution >= 4 is 6.09 Å². The smallest absolute Gasteiger partial charge is 0.406 e. The topological polar surface area (TPSA) is 67.8 Å². The summed E-state index contributed by atoms with van der Waals surface area (Å²) in [6.45, 7) is 3.74. The minimum absolute atomic E-state index is 0.350. The number of amides is 1. The van der Waals surface area contributed by atoms with Gasteiger partial charge in [-0.15, -0.1) is 0 Å². The summed E-state index contributed by atoms with van der Waals surface area (Å²) in [7, 11) is 1.53. The molecule has 0 bridgehead atoms. The monoisotopic (exact) mass is 191 g/mol. The van der Waals surface area contributed by atoms with Gasteiger partial charge in [0.1, 0.15) is 6.23 Å². The lowest BCUT2D eigenvalue weighted by molar-refractivity contribution is -0.162. The van der Waals surface area contributed by atoms with E-state index in [9.17, 15) is 4.79 Å². The summed E-state index contributed by atoms with van der Waals surface area (Å²) < 4.78 is 10.3. The van der Waals surface area contributed by atoms with Gasteiger partial charge in [0.25, 0.3) is 0 Å². The molecule has 0 aromatic carbocycles. The van der Waals surface area contributed by atoms with E-state index in [0.717, 1.165) is 0 Å². The van der Waals surface area contributed by atoms with Crippen molar-refractivity contribution in [1.29, 1.82) is 0 Å². The van der Waals surface area contributed by atoms with E-state index in [1.807, 2.05) is 13.8 Å². The predicted molar refractivity (Wildman–Crippen MR) is 47.4 cm³/mol. The van der Waals surface area contributed by atoms with Crippen LogP contribution in [0.4, 0.5) is 4.79 Å². The molecule has 2 unspecified atom stereocenters. The predicted octanol–water partition coefficient (Wildman–Crippen LogP) is 1.39. The standard InChI is InChI=1S/C8H17NO4/c1-4-6(9-8(10)11)13-7(5-2)12-3/h6-7,9H,4-5H2,1-3H3,(H,10,11). The van der Waals surface area contributed by atoms with Crippen LogP contribution in [0, 0.1) is 0 Å². The van der Waals surface area contributed by atoms with Crippen LogP contribution in [0.2, 0.25) is 0 Å². The van der Waals surface area contributed by atoms with E-state index in [-0.39, 0.29) is 6.29 Å². The number of nitrogens with one attached hydrogen (secondary N) is 1. The van der Waals surface area contributed by atoms with Crippen molar-refractivity contribution in [3.63, 3.8) is 0 Å². The number of hydrogen-bond donors (Lipinski definition) is 2. The lowest BCUT2D eigenvalue weighted by Crippen LogP contribution is -2.38. The Morgan fingerprint density at radius 3 is 2.38 bits per heavy atom. The van der Waals surface area contributed by atoms with E-state index in [1.165, 1.54) is 7.11 Å². The number of methoxy groups -OCH3 is 1. The molecular weight excluding hydrogens is 174 g/mol. The normalized spacial score (nSPS) is 15.0. The van der Waals surface area contributed by atoms with Crippen molar-refractivity contribution in [2.75, 3.05) is 7.11 Å². The Labute approximate surface area is 78.0 Å². The summed E-state index contributed by atoms with van der Waals surface area (Å²) in [6.07, 6.45) is -0.669. The first-order valence-corrected chi connectivity index (χ1v) is 4.31. The second kappa shape index (κ2) is 6.68. The van der Waals surface area contributed by atoms with Gasteiger partial charge >= 0.3 is 6.09 Å². The zero-order chi connectivity index (χ0) is 10.3. The van der Waals surface area contributed by atoms with Crippen LogP contribution in [0.1, 0.15) is 26.7 Å². The molecule has 5 nitrogen and oxygen atoms in total. The number of rotatable bonds is 6. The van der Waals surface area contributed by atoms with E-state index in [2.05, 4.69) is 5.32 Å². The maximum absolute atomic E-state index is 10.3.